The summed E-state index contributed by atoms with van der Waals surface area (Å²) in [5, 5.41) is 18.5. The average Bonchev–Trinajstić information content (AvgIpc) is 2.29. The van der Waals surface area contributed by atoms with Crippen LogP contribution >= 0.6 is 0 Å². The van der Waals surface area contributed by atoms with E-state index in [9.17, 15) is 5.11 Å². The maximum Gasteiger partial charge on any atom is 0.0605 e. The lowest BCUT2D eigenvalue weighted by atomic mass is 9.98. The van der Waals surface area contributed by atoms with Crippen LogP contribution in [0.15, 0.2) is 0 Å². The van der Waals surface area contributed by atoms with Crippen LogP contribution in [0.25, 0.3) is 0 Å². The van der Waals surface area contributed by atoms with Gasteiger partial charge in [-0.3, -0.25) is 0 Å². The van der Waals surface area contributed by atoms with Gasteiger partial charge in [0.1, 0.15) is 0 Å². The summed E-state index contributed by atoms with van der Waals surface area (Å²) < 4.78 is 0. The van der Waals surface area contributed by atoms with Gasteiger partial charge in [-0.2, -0.15) is 0 Å². The zero-order chi connectivity index (χ0) is 6.88. The molecule has 4 aliphatic carbocycles. The SMILES string of the molecule is OCC1C2C3CC1[C@@H](O)C32. The minimum absolute atomic E-state index is 0.0489. The van der Waals surface area contributed by atoms with E-state index in [0.29, 0.717) is 30.3 Å². The molecule has 0 heterocycles. The van der Waals surface area contributed by atoms with Crippen molar-refractivity contribution in [3.63, 3.8) is 0 Å². The molecule has 2 nitrogen and oxygen atoms in total. The van der Waals surface area contributed by atoms with Gasteiger partial charge in [0, 0.05) is 6.61 Å². The second-order valence-electron chi connectivity index (χ2n) is 4.06. The van der Waals surface area contributed by atoms with Gasteiger partial charge in [0.2, 0.25) is 0 Å². The standard InChI is InChI=1S/C8H12O2/c9-2-5-3-1-4-6(5)7(4)8(3)10/h3-10H,1-2H2/t3?,4?,5?,6?,7?,8-/m1/s1. The van der Waals surface area contributed by atoms with E-state index in [1.54, 1.807) is 0 Å². The van der Waals surface area contributed by atoms with Crippen LogP contribution in [0.2, 0.25) is 0 Å². The quantitative estimate of drug-likeness (QED) is 0.532. The van der Waals surface area contributed by atoms with E-state index >= 15 is 0 Å². The van der Waals surface area contributed by atoms with Gasteiger partial charge in [0.15, 0.2) is 0 Å². The first-order valence-electron chi connectivity index (χ1n) is 4.13. The highest BCUT2D eigenvalue weighted by molar-refractivity contribution is 5.20. The van der Waals surface area contributed by atoms with Gasteiger partial charge in [-0.15, -0.1) is 0 Å². The van der Waals surface area contributed by atoms with E-state index in [4.69, 9.17) is 5.11 Å². The number of hydrogen-bond donors (Lipinski definition) is 2. The third-order valence-corrected chi connectivity index (χ3v) is 3.92. The molecule has 0 spiro atoms. The zero-order valence-electron chi connectivity index (χ0n) is 5.77. The van der Waals surface area contributed by atoms with Gasteiger partial charge < -0.3 is 10.2 Å². The highest BCUT2D eigenvalue weighted by atomic mass is 16.3. The van der Waals surface area contributed by atoms with Gasteiger partial charge in [-0.05, 0) is 36.0 Å². The second kappa shape index (κ2) is 1.41. The van der Waals surface area contributed by atoms with Gasteiger partial charge >= 0.3 is 0 Å². The van der Waals surface area contributed by atoms with Crippen LogP contribution < -0.4 is 0 Å². The lowest BCUT2D eigenvalue weighted by molar-refractivity contribution is 0.103. The Labute approximate surface area is 59.9 Å². The molecule has 0 amide bonds. The van der Waals surface area contributed by atoms with Crippen molar-refractivity contribution in [3.8, 4) is 0 Å². The summed E-state index contributed by atoms with van der Waals surface area (Å²) in [5.74, 6) is 3.04. The van der Waals surface area contributed by atoms with E-state index in [0.717, 1.165) is 5.92 Å². The van der Waals surface area contributed by atoms with Crippen LogP contribution in [-0.2, 0) is 0 Å². The first-order valence-corrected chi connectivity index (χ1v) is 4.13. The average molecular weight is 140 g/mol. The van der Waals surface area contributed by atoms with E-state index < -0.39 is 0 Å². The van der Waals surface area contributed by atoms with E-state index in [2.05, 4.69) is 0 Å². The molecule has 0 aromatic rings. The Morgan fingerprint density at radius 3 is 2.20 bits per heavy atom. The third-order valence-electron chi connectivity index (χ3n) is 3.92. The maximum atomic E-state index is 9.54. The molecule has 4 fully saturated rings. The first-order chi connectivity index (χ1) is 4.84. The number of aliphatic hydroxyl groups excluding tert-OH is 2. The molecule has 6 atom stereocenters. The summed E-state index contributed by atoms with van der Waals surface area (Å²) in [6, 6.07) is 0. The van der Waals surface area contributed by atoms with E-state index in [1.165, 1.54) is 6.42 Å². The Kier molecular flexibility index (Phi) is 0.783. The van der Waals surface area contributed by atoms with Gasteiger partial charge in [-0.1, -0.05) is 0 Å². The molecule has 10 heavy (non-hydrogen) atoms. The molecule has 0 aromatic heterocycles. The van der Waals surface area contributed by atoms with Crippen molar-refractivity contribution in [2.75, 3.05) is 6.61 Å². The van der Waals surface area contributed by atoms with Crippen molar-refractivity contribution in [2.45, 2.75) is 12.5 Å². The van der Waals surface area contributed by atoms with Crippen LogP contribution in [0.4, 0.5) is 0 Å². The van der Waals surface area contributed by atoms with Crippen molar-refractivity contribution in [1.82, 2.24) is 0 Å². The molecular formula is C8H12O2. The van der Waals surface area contributed by atoms with E-state index in [1.807, 2.05) is 0 Å². The smallest absolute Gasteiger partial charge is 0.0605 e. The van der Waals surface area contributed by atoms with Crippen LogP contribution in [0.5, 0.6) is 0 Å². The van der Waals surface area contributed by atoms with Crippen molar-refractivity contribution in [2.24, 2.45) is 29.6 Å². The Morgan fingerprint density at radius 1 is 1.20 bits per heavy atom. The minimum Gasteiger partial charge on any atom is -0.396 e. The van der Waals surface area contributed by atoms with Gasteiger partial charge in [-0.25, -0.2) is 0 Å². The summed E-state index contributed by atoms with van der Waals surface area (Å²) in [6.45, 7) is 0.305. The summed E-state index contributed by atoms with van der Waals surface area (Å²) >= 11 is 0. The molecule has 4 saturated carbocycles. The molecule has 4 bridgehead atoms. The molecule has 56 valence electrons. The van der Waals surface area contributed by atoms with Crippen LogP contribution in [0.1, 0.15) is 6.42 Å². The minimum atomic E-state index is -0.0489. The molecule has 2 N–H and O–H groups in total. The normalized spacial score (nSPS) is 69.0. The fourth-order valence-electron chi connectivity index (χ4n) is 3.54. The zero-order valence-corrected chi connectivity index (χ0v) is 5.77. The van der Waals surface area contributed by atoms with Crippen LogP contribution in [-0.4, -0.2) is 22.9 Å². The van der Waals surface area contributed by atoms with Crippen molar-refractivity contribution >= 4 is 0 Å². The largest absolute Gasteiger partial charge is 0.396 e. The molecule has 4 aliphatic rings. The number of rotatable bonds is 1. The lowest BCUT2D eigenvalue weighted by Crippen LogP contribution is -2.18. The Bertz CT molecular complexity index is 180. The fraction of sp³-hybridized carbons (Fsp3) is 1.00. The second-order valence-corrected chi connectivity index (χ2v) is 4.06. The molecule has 0 saturated heterocycles. The molecule has 0 aliphatic heterocycles. The molecule has 4 rings (SSSR count). The van der Waals surface area contributed by atoms with Gasteiger partial charge in [0.05, 0.1) is 6.10 Å². The molecule has 0 aromatic carbocycles. The number of aliphatic hydroxyl groups is 2. The fourth-order valence-corrected chi connectivity index (χ4v) is 3.54. The van der Waals surface area contributed by atoms with Crippen molar-refractivity contribution in [1.29, 1.82) is 0 Å². The van der Waals surface area contributed by atoms with Crippen LogP contribution in [0.3, 0.4) is 0 Å². The first kappa shape index (κ1) is 5.56. The monoisotopic (exact) mass is 140 g/mol. The summed E-state index contributed by atoms with van der Waals surface area (Å²) in [4.78, 5) is 0. The summed E-state index contributed by atoms with van der Waals surface area (Å²) in [5.41, 5.74) is 0. The topological polar surface area (TPSA) is 40.5 Å². The molecular weight excluding hydrogens is 128 g/mol. The molecule has 5 unspecified atom stereocenters. The molecule has 2 heteroatoms. The summed E-state index contributed by atoms with van der Waals surface area (Å²) in [7, 11) is 0. The van der Waals surface area contributed by atoms with Crippen LogP contribution in [0, 0.1) is 29.6 Å². The highest BCUT2D eigenvalue weighted by Crippen LogP contribution is 2.72. The molecule has 0 radical (unpaired) electrons. The highest BCUT2D eigenvalue weighted by Gasteiger charge is 2.72. The van der Waals surface area contributed by atoms with Gasteiger partial charge in [0.25, 0.3) is 0 Å². The van der Waals surface area contributed by atoms with Crippen molar-refractivity contribution < 1.29 is 10.2 Å². The Balaban J connectivity index is 1.95. The predicted octanol–water partition coefficient (Wildman–Crippen LogP) is -0.149. The lowest BCUT2D eigenvalue weighted by Gasteiger charge is -2.13. The summed E-state index contributed by atoms with van der Waals surface area (Å²) in [6.07, 6.45) is 1.15. The Hall–Kier alpha value is -0.0800. The number of hydrogen-bond acceptors (Lipinski definition) is 2. The Morgan fingerprint density at radius 2 is 2.00 bits per heavy atom. The predicted molar refractivity (Wildman–Crippen MR) is 35.2 cm³/mol. The maximum absolute atomic E-state index is 9.54. The van der Waals surface area contributed by atoms with E-state index in [-0.39, 0.29) is 6.10 Å². The third kappa shape index (κ3) is 0.372. The van der Waals surface area contributed by atoms with Crippen molar-refractivity contribution in [3.05, 3.63) is 0 Å².